The van der Waals surface area contributed by atoms with Crippen molar-refractivity contribution in [3.8, 4) is 0 Å². The van der Waals surface area contributed by atoms with Crippen LogP contribution in [0.4, 0.5) is 0 Å². The van der Waals surface area contributed by atoms with Gasteiger partial charge in [-0.25, -0.2) is 4.79 Å². The molecule has 0 atom stereocenters. The second kappa shape index (κ2) is 9.48. The SMILES string of the molecule is C=CC(=O)OO.CC. The van der Waals surface area contributed by atoms with Crippen molar-refractivity contribution in [3.63, 3.8) is 0 Å². The minimum Gasteiger partial charge on any atom is -0.296 e. The molecule has 8 heavy (non-hydrogen) atoms. The number of hydrogen-bond acceptors (Lipinski definition) is 3. The Hall–Kier alpha value is -0.830. The van der Waals surface area contributed by atoms with E-state index in [-0.39, 0.29) is 0 Å². The average Bonchev–Trinajstić information content (AvgIpc) is 1.91. The summed E-state index contributed by atoms with van der Waals surface area (Å²) < 4.78 is 0. The molecular formula is C5H10O3. The summed E-state index contributed by atoms with van der Waals surface area (Å²) in [7, 11) is 0. The van der Waals surface area contributed by atoms with E-state index in [0.717, 1.165) is 6.08 Å². The van der Waals surface area contributed by atoms with E-state index in [2.05, 4.69) is 11.5 Å². The zero-order chi connectivity index (χ0) is 6.99. The molecule has 1 N–H and O–H groups in total. The summed E-state index contributed by atoms with van der Waals surface area (Å²) in [5, 5.41) is 7.41. The van der Waals surface area contributed by atoms with Gasteiger partial charge in [-0.1, -0.05) is 20.4 Å². The molecule has 0 fully saturated rings. The molecule has 0 aromatic carbocycles. The number of carbonyl (C=O) groups is 1. The normalized spacial score (nSPS) is 5.88. The third kappa shape index (κ3) is 8.95. The molecule has 0 unspecified atom stereocenters. The Morgan fingerprint density at radius 1 is 1.75 bits per heavy atom. The fourth-order valence-corrected chi connectivity index (χ4v) is 0.0373. The van der Waals surface area contributed by atoms with Gasteiger partial charge in [0, 0.05) is 6.08 Å². The second-order valence-corrected chi connectivity index (χ2v) is 0.614. The lowest BCUT2D eigenvalue weighted by molar-refractivity contribution is -0.228. The summed E-state index contributed by atoms with van der Waals surface area (Å²) in [5.74, 6) is -0.838. The van der Waals surface area contributed by atoms with Crippen LogP contribution in [-0.2, 0) is 9.68 Å². The quantitative estimate of drug-likeness (QED) is 0.320. The minimum absolute atomic E-state index is 0.838. The molecule has 3 heteroatoms. The van der Waals surface area contributed by atoms with Crippen LogP contribution in [0.1, 0.15) is 13.8 Å². The van der Waals surface area contributed by atoms with E-state index in [1.165, 1.54) is 0 Å². The Balaban J connectivity index is 0. The topological polar surface area (TPSA) is 46.5 Å². The lowest BCUT2D eigenvalue weighted by atomic mass is 10.7. The lowest BCUT2D eigenvalue weighted by Gasteiger charge is -1.78. The van der Waals surface area contributed by atoms with Crippen LogP contribution in [0, 0.1) is 0 Å². The highest BCUT2D eigenvalue weighted by atomic mass is 17.1. The van der Waals surface area contributed by atoms with Crippen molar-refractivity contribution < 1.29 is 14.9 Å². The van der Waals surface area contributed by atoms with Crippen molar-refractivity contribution in [1.29, 1.82) is 0 Å². The highest BCUT2D eigenvalue weighted by molar-refractivity contribution is 5.80. The van der Waals surface area contributed by atoms with Crippen LogP contribution < -0.4 is 0 Å². The first kappa shape index (κ1) is 10.2. The molecule has 0 aliphatic heterocycles. The molecule has 0 saturated heterocycles. The first-order valence-corrected chi connectivity index (χ1v) is 2.29. The number of hydrogen-bond donors (Lipinski definition) is 1. The van der Waals surface area contributed by atoms with Crippen LogP contribution in [0.5, 0.6) is 0 Å². The van der Waals surface area contributed by atoms with Gasteiger partial charge in [-0.05, 0) is 0 Å². The maximum Gasteiger partial charge on any atom is 0.365 e. The van der Waals surface area contributed by atoms with Crippen molar-refractivity contribution in [3.05, 3.63) is 12.7 Å². The van der Waals surface area contributed by atoms with Gasteiger partial charge in [0.1, 0.15) is 0 Å². The zero-order valence-corrected chi connectivity index (χ0v) is 5.05. The smallest absolute Gasteiger partial charge is 0.296 e. The molecule has 0 saturated carbocycles. The molecule has 0 aliphatic rings. The summed E-state index contributed by atoms with van der Waals surface area (Å²) in [6.45, 7) is 7.00. The van der Waals surface area contributed by atoms with Gasteiger partial charge in [-0.15, -0.1) is 0 Å². The van der Waals surface area contributed by atoms with Crippen molar-refractivity contribution in [2.75, 3.05) is 0 Å². The van der Waals surface area contributed by atoms with E-state index < -0.39 is 5.97 Å². The average molecular weight is 118 g/mol. The molecule has 0 amide bonds. The Kier molecular flexibility index (Phi) is 12.1. The van der Waals surface area contributed by atoms with Gasteiger partial charge in [-0.3, -0.25) is 4.89 Å². The summed E-state index contributed by atoms with van der Waals surface area (Å²) in [5.41, 5.74) is 0. The van der Waals surface area contributed by atoms with Crippen molar-refractivity contribution >= 4 is 5.97 Å². The highest BCUT2D eigenvalue weighted by Gasteiger charge is 1.85. The van der Waals surface area contributed by atoms with Crippen LogP contribution in [0.2, 0.25) is 0 Å². The molecule has 0 aromatic heterocycles. The Morgan fingerprint density at radius 3 is 2.12 bits per heavy atom. The van der Waals surface area contributed by atoms with Gasteiger partial charge in [0.25, 0.3) is 0 Å². The van der Waals surface area contributed by atoms with Gasteiger partial charge in [0.15, 0.2) is 0 Å². The monoisotopic (exact) mass is 118 g/mol. The van der Waals surface area contributed by atoms with E-state index in [1.54, 1.807) is 0 Å². The van der Waals surface area contributed by atoms with Crippen LogP contribution >= 0.6 is 0 Å². The van der Waals surface area contributed by atoms with Crippen molar-refractivity contribution in [2.24, 2.45) is 0 Å². The van der Waals surface area contributed by atoms with E-state index in [0.29, 0.717) is 0 Å². The molecule has 0 heterocycles. The molecule has 0 bridgehead atoms. The van der Waals surface area contributed by atoms with Crippen molar-refractivity contribution in [2.45, 2.75) is 13.8 Å². The van der Waals surface area contributed by atoms with Gasteiger partial charge in [0.2, 0.25) is 0 Å². The van der Waals surface area contributed by atoms with Gasteiger partial charge < -0.3 is 0 Å². The number of carbonyl (C=O) groups excluding carboxylic acids is 1. The lowest BCUT2D eigenvalue weighted by Crippen LogP contribution is -1.92. The first-order chi connectivity index (χ1) is 3.81. The predicted octanol–water partition coefficient (Wildman–Crippen LogP) is 1.21. The van der Waals surface area contributed by atoms with Crippen LogP contribution in [0.25, 0.3) is 0 Å². The fraction of sp³-hybridized carbons (Fsp3) is 0.400. The van der Waals surface area contributed by atoms with Gasteiger partial charge >= 0.3 is 5.97 Å². The van der Waals surface area contributed by atoms with Crippen LogP contribution in [0.3, 0.4) is 0 Å². The van der Waals surface area contributed by atoms with Crippen LogP contribution in [0.15, 0.2) is 12.7 Å². The molecule has 0 rings (SSSR count). The van der Waals surface area contributed by atoms with Crippen molar-refractivity contribution in [1.82, 2.24) is 0 Å². The second-order valence-electron chi connectivity index (χ2n) is 0.614. The maximum atomic E-state index is 9.59. The van der Waals surface area contributed by atoms with E-state index >= 15 is 0 Å². The van der Waals surface area contributed by atoms with Gasteiger partial charge in [-0.2, -0.15) is 5.26 Å². The minimum atomic E-state index is -0.838. The maximum absolute atomic E-state index is 9.59. The Morgan fingerprint density at radius 2 is 2.12 bits per heavy atom. The first-order valence-electron chi connectivity index (χ1n) is 2.29. The molecule has 3 nitrogen and oxygen atoms in total. The Labute approximate surface area is 48.5 Å². The van der Waals surface area contributed by atoms with Crippen LogP contribution in [-0.4, -0.2) is 11.2 Å². The molecule has 0 aliphatic carbocycles. The summed E-state index contributed by atoms with van der Waals surface area (Å²) in [4.78, 5) is 12.7. The third-order valence-electron chi connectivity index (χ3n) is 0.257. The third-order valence-corrected chi connectivity index (χ3v) is 0.257. The fourth-order valence-electron chi connectivity index (χ4n) is 0.0373. The molecule has 0 spiro atoms. The zero-order valence-electron chi connectivity index (χ0n) is 5.05. The van der Waals surface area contributed by atoms with E-state index in [9.17, 15) is 4.79 Å². The molecule has 0 radical (unpaired) electrons. The van der Waals surface area contributed by atoms with E-state index in [1.807, 2.05) is 13.8 Å². The molecule has 48 valence electrons. The Bertz CT molecular complexity index is 68.1. The van der Waals surface area contributed by atoms with Gasteiger partial charge in [0.05, 0.1) is 0 Å². The standard InChI is InChI=1S/C3H4O3.C2H6/c1-2-3(4)6-5;1-2/h2,5H,1H2;1-2H3. The van der Waals surface area contributed by atoms with E-state index in [4.69, 9.17) is 5.26 Å². The molecular weight excluding hydrogens is 108 g/mol. The summed E-state index contributed by atoms with van der Waals surface area (Å²) in [6, 6.07) is 0. The number of rotatable bonds is 1. The summed E-state index contributed by atoms with van der Waals surface area (Å²) in [6.07, 6.45) is 0.861. The predicted molar refractivity (Wildman–Crippen MR) is 30.3 cm³/mol. The highest BCUT2D eigenvalue weighted by Crippen LogP contribution is 1.67. The largest absolute Gasteiger partial charge is 0.365 e. The summed E-state index contributed by atoms with van der Waals surface area (Å²) >= 11 is 0. The molecule has 0 aromatic rings.